The fourth-order valence-corrected chi connectivity index (χ4v) is 5.39. The van der Waals surface area contributed by atoms with E-state index in [1.165, 1.54) is 10.4 Å². The van der Waals surface area contributed by atoms with Crippen molar-refractivity contribution in [2.45, 2.75) is 26.3 Å². The number of hydrogen-bond donors (Lipinski definition) is 2. The van der Waals surface area contributed by atoms with E-state index in [0.29, 0.717) is 5.92 Å². The van der Waals surface area contributed by atoms with Crippen LogP contribution in [0.5, 0.6) is 0 Å². The van der Waals surface area contributed by atoms with E-state index in [2.05, 4.69) is 22.5 Å². The van der Waals surface area contributed by atoms with Crippen LogP contribution in [0.1, 0.15) is 30.2 Å². The lowest BCUT2D eigenvalue weighted by Gasteiger charge is -2.21. The molecule has 3 aromatic heterocycles. The Kier molecular flexibility index (Phi) is 3.63. The van der Waals surface area contributed by atoms with Gasteiger partial charge in [0.15, 0.2) is 0 Å². The molecular weight excluding hydrogens is 328 g/mol. The number of thiazole rings is 1. The zero-order valence-corrected chi connectivity index (χ0v) is 14.5. The van der Waals surface area contributed by atoms with Crippen molar-refractivity contribution < 1.29 is 4.79 Å². The van der Waals surface area contributed by atoms with Crippen LogP contribution < -0.4 is 10.6 Å². The fraction of sp³-hybridized carbons (Fsp3) is 0.312. The maximum atomic E-state index is 11.6. The average molecular weight is 344 g/mol. The Morgan fingerprint density at radius 3 is 3.09 bits per heavy atom. The molecule has 4 rings (SSSR count). The third-order valence-corrected chi connectivity index (χ3v) is 6.12. The fourth-order valence-electron chi connectivity index (χ4n) is 2.99. The lowest BCUT2D eigenvalue weighted by atomic mass is 9.94. The monoisotopic (exact) mass is 344 g/mol. The second kappa shape index (κ2) is 5.67. The van der Waals surface area contributed by atoms with Crippen LogP contribution >= 0.6 is 22.7 Å². The van der Waals surface area contributed by atoms with Crippen LogP contribution in [0.25, 0.3) is 20.8 Å². The second-order valence-electron chi connectivity index (χ2n) is 5.72. The van der Waals surface area contributed by atoms with Crippen LogP contribution in [0.3, 0.4) is 0 Å². The van der Waals surface area contributed by atoms with Gasteiger partial charge in [-0.15, -0.1) is 22.7 Å². The van der Waals surface area contributed by atoms with Crippen LogP contribution in [0, 0.1) is 0 Å². The summed E-state index contributed by atoms with van der Waals surface area (Å²) in [6.07, 6.45) is 3.58. The molecule has 0 fully saturated rings. The zero-order valence-electron chi connectivity index (χ0n) is 12.8. The zero-order chi connectivity index (χ0) is 16.0. The van der Waals surface area contributed by atoms with E-state index in [0.717, 1.165) is 38.9 Å². The van der Waals surface area contributed by atoms with Crippen molar-refractivity contribution in [2.75, 3.05) is 11.9 Å². The molecule has 0 aromatic carbocycles. The predicted octanol–water partition coefficient (Wildman–Crippen LogP) is 3.58. The molecule has 2 N–H and O–H groups in total. The first-order valence-electron chi connectivity index (χ1n) is 7.48. The summed E-state index contributed by atoms with van der Waals surface area (Å²) < 4.78 is 1.12. The predicted molar refractivity (Wildman–Crippen MR) is 95.2 cm³/mol. The Morgan fingerprint density at radius 1 is 1.43 bits per heavy atom. The highest BCUT2D eigenvalue weighted by Gasteiger charge is 2.28. The highest BCUT2D eigenvalue weighted by atomic mass is 32.1. The van der Waals surface area contributed by atoms with E-state index in [1.807, 2.05) is 6.07 Å². The third-order valence-electron chi connectivity index (χ3n) is 3.94. The summed E-state index contributed by atoms with van der Waals surface area (Å²) in [7, 11) is 0. The van der Waals surface area contributed by atoms with Crippen molar-refractivity contribution in [1.29, 1.82) is 0 Å². The van der Waals surface area contributed by atoms with Gasteiger partial charge in [0.2, 0.25) is 5.91 Å². The van der Waals surface area contributed by atoms with Crippen LogP contribution in [0.4, 0.5) is 5.00 Å². The highest BCUT2D eigenvalue weighted by Crippen LogP contribution is 2.47. The van der Waals surface area contributed by atoms with Crippen molar-refractivity contribution in [3.8, 4) is 10.6 Å². The first-order valence-corrected chi connectivity index (χ1v) is 9.11. The summed E-state index contributed by atoms with van der Waals surface area (Å²) in [6, 6.07) is 1.98. The molecule has 5 nitrogen and oxygen atoms in total. The molecule has 118 valence electrons. The van der Waals surface area contributed by atoms with Crippen molar-refractivity contribution in [2.24, 2.45) is 0 Å². The van der Waals surface area contributed by atoms with E-state index in [1.54, 1.807) is 42.0 Å². The van der Waals surface area contributed by atoms with Crippen molar-refractivity contribution in [1.82, 2.24) is 15.3 Å². The first-order chi connectivity index (χ1) is 11.1. The number of pyridine rings is 1. The number of nitrogens with zero attached hydrogens (tertiary/aromatic N) is 2. The summed E-state index contributed by atoms with van der Waals surface area (Å²) in [5, 5.41) is 8.30. The van der Waals surface area contributed by atoms with Crippen molar-refractivity contribution in [3.63, 3.8) is 0 Å². The van der Waals surface area contributed by atoms with Crippen LogP contribution in [-0.2, 0) is 11.3 Å². The van der Waals surface area contributed by atoms with Gasteiger partial charge in [-0.1, -0.05) is 6.92 Å². The van der Waals surface area contributed by atoms with Gasteiger partial charge < -0.3 is 10.6 Å². The molecule has 1 unspecified atom stereocenters. The van der Waals surface area contributed by atoms with Gasteiger partial charge >= 0.3 is 0 Å². The molecule has 0 saturated heterocycles. The Hall–Kier alpha value is -1.83. The van der Waals surface area contributed by atoms with Gasteiger partial charge in [0.05, 0.1) is 10.9 Å². The van der Waals surface area contributed by atoms with Gasteiger partial charge in [0.25, 0.3) is 0 Å². The Bertz CT molecular complexity index is 866. The molecule has 1 amide bonds. The smallest absolute Gasteiger partial charge is 0.221 e. The van der Waals surface area contributed by atoms with Gasteiger partial charge in [0, 0.05) is 36.7 Å². The first kappa shape index (κ1) is 14.7. The molecule has 0 radical (unpaired) electrons. The molecule has 1 aliphatic heterocycles. The van der Waals surface area contributed by atoms with E-state index >= 15 is 0 Å². The molecule has 1 atom stereocenters. The number of aromatic nitrogens is 2. The van der Waals surface area contributed by atoms with Gasteiger partial charge in [-0.3, -0.25) is 9.78 Å². The Balaban J connectivity index is 1.94. The van der Waals surface area contributed by atoms with Gasteiger partial charge in [-0.2, -0.15) is 0 Å². The Labute approximate surface area is 141 Å². The number of amides is 1. The lowest BCUT2D eigenvalue weighted by Crippen LogP contribution is -2.25. The summed E-state index contributed by atoms with van der Waals surface area (Å²) in [4.78, 5) is 21.8. The highest BCUT2D eigenvalue weighted by molar-refractivity contribution is 7.22. The maximum absolute atomic E-state index is 11.6. The quantitative estimate of drug-likeness (QED) is 0.745. The summed E-state index contributed by atoms with van der Waals surface area (Å²) >= 11 is 3.31. The number of carbonyl (C=O) groups excluding carboxylic acids is 1. The lowest BCUT2D eigenvalue weighted by molar-refractivity contribution is -0.114. The molecule has 3 aromatic rings. The molecule has 0 aliphatic carbocycles. The molecule has 0 bridgehead atoms. The SMILES string of the molecule is CC(=O)Nc1sc2c(c1-c1nc3cnccc3s1)C(C)CNC2. The van der Waals surface area contributed by atoms with Crippen molar-refractivity contribution in [3.05, 3.63) is 28.9 Å². The van der Waals surface area contributed by atoms with Gasteiger partial charge in [0.1, 0.15) is 15.5 Å². The van der Waals surface area contributed by atoms with E-state index < -0.39 is 0 Å². The number of hydrogen-bond acceptors (Lipinski definition) is 6. The molecule has 0 spiro atoms. The van der Waals surface area contributed by atoms with E-state index in [-0.39, 0.29) is 5.91 Å². The minimum Gasteiger partial charge on any atom is -0.317 e. The Morgan fingerprint density at radius 2 is 2.30 bits per heavy atom. The van der Waals surface area contributed by atoms with Gasteiger partial charge in [-0.25, -0.2) is 4.98 Å². The number of thiophene rings is 1. The summed E-state index contributed by atoms with van der Waals surface area (Å²) in [5.41, 5.74) is 3.32. The normalized spacial score (nSPS) is 17.2. The van der Waals surface area contributed by atoms with Crippen molar-refractivity contribution >= 4 is 43.8 Å². The summed E-state index contributed by atoms with van der Waals surface area (Å²) in [5.74, 6) is 0.353. The topological polar surface area (TPSA) is 66.9 Å². The number of anilines is 1. The molecule has 7 heteroatoms. The number of rotatable bonds is 2. The molecule has 4 heterocycles. The molecule has 23 heavy (non-hydrogen) atoms. The number of fused-ring (bicyclic) bond motifs is 2. The largest absolute Gasteiger partial charge is 0.317 e. The minimum atomic E-state index is -0.0479. The number of nitrogens with one attached hydrogen (secondary N) is 2. The van der Waals surface area contributed by atoms with Gasteiger partial charge in [-0.05, 0) is 17.5 Å². The van der Waals surface area contributed by atoms with Crippen LogP contribution in [0.2, 0.25) is 0 Å². The summed E-state index contributed by atoms with van der Waals surface area (Å²) in [6.45, 7) is 5.56. The maximum Gasteiger partial charge on any atom is 0.221 e. The average Bonchev–Trinajstić information content (AvgIpc) is 3.07. The van der Waals surface area contributed by atoms with Crippen LogP contribution in [-0.4, -0.2) is 22.4 Å². The third kappa shape index (κ3) is 2.54. The molecule has 1 aliphatic rings. The minimum absolute atomic E-state index is 0.0479. The molecule has 0 saturated carbocycles. The standard InChI is InChI=1S/C16H16N4OS2/c1-8-5-18-7-12-13(8)14(15(23-12)19-9(2)21)16-20-10-6-17-4-3-11(10)22-16/h3-4,6,8,18H,5,7H2,1-2H3,(H,19,21). The second-order valence-corrected chi connectivity index (χ2v) is 7.85. The number of carbonyl (C=O) groups is 1. The van der Waals surface area contributed by atoms with E-state index in [4.69, 9.17) is 4.98 Å². The van der Waals surface area contributed by atoms with E-state index in [9.17, 15) is 4.79 Å². The van der Waals surface area contributed by atoms with Crippen LogP contribution in [0.15, 0.2) is 18.5 Å². The molecular formula is C16H16N4OS2.